The van der Waals surface area contributed by atoms with Gasteiger partial charge >= 0.3 is 0 Å². The van der Waals surface area contributed by atoms with Crippen molar-refractivity contribution in [1.29, 1.82) is 0 Å². The molecule has 0 spiro atoms. The third kappa shape index (κ3) is 3.36. The maximum Gasteiger partial charge on any atom is 0.254 e. The van der Waals surface area contributed by atoms with E-state index in [0.717, 1.165) is 49.2 Å². The lowest BCUT2D eigenvalue weighted by Gasteiger charge is -2.25. The molecule has 0 aromatic carbocycles. The van der Waals surface area contributed by atoms with Gasteiger partial charge in [-0.05, 0) is 0 Å². The zero-order valence-corrected chi connectivity index (χ0v) is 18.0. The Hall–Kier alpha value is -2.81. The fraction of sp³-hybridized carbons (Fsp3) is 0.571. The summed E-state index contributed by atoms with van der Waals surface area (Å²) in [5.74, 6) is 3.89. The summed E-state index contributed by atoms with van der Waals surface area (Å²) in [6, 6.07) is 4.22. The lowest BCUT2D eigenvalue weighted by molar-refractivity contribution is 0.181. The Labute approximate surface area is 176 Å². The lowest BCUT2D eigenvalue weighted by atomic mass is 9.92. The second kappa shape index (κ2) is 7.16. The largest absolute Gasteiger partial charge is 0.378 e. The Kier molecular flexibility index (Phi) is 4.57. The van der Waals surface area contributed by atoms with Crippen molar-refractivity contribution in [2.45, 2.75) is 32.8 Å². The van der Waals surface area contributed by atoms with Crippen LogP contribution in [0.15, 0.2) is 24.8 Å². The van der Waals surface area contributed by atoms with Gasteiger partial charge in [0.15, 0.2) is 0 Å². The molecule has 9 heteroatoms. The predicted molar refractivity (Wildman–Crippen MR) is 114 cm³/mol. The van der Waals surface area contributed by atoms with Crippen LogP contribution < -0.4 is 9.80 Å². The van der Waals surface area contributed by atoms with Crippen LogP contribution in [0.5, 0.6) is 0 Å². The number of hydrogen-bond donors (Lipinski definition) is 0. The van der Waals surface area contributed by atoms with Gasteiger partial charge in [0, 0.05) is 62.7 Å². The van der Waals surface area contributed by atoms with Crippen LogP contribution in [0.3, 0.4) is 0 Å². The number of hydrogen-bond acceptors (Lipinski definition) is 8. The Bertz CT molecular complexity index is 1040. The Morgan fingerprint density at radius 2 is 1.70 bits per heavy atom. The van der Waals surface area contributed by atoms with E-state index < -0.39 is 0 Å². The van der Waals surface area contributed by atoms with E-state index in [4.69, 9.17) is 4.74 Å². The molecule has 0 aliphatic carbocycles. The minimum absolute atomic E-state index is 0.0223. The summed E-state index contributed by atoms with van der Waals surface area (Å²) in [5.41, 5.74) is 1.98. The highest BCUT2D eigenvalue weighted by molar-refractivity contribution is 5.50. The average molecular weight is 409 g/mol. The van der Waals surface area contributed by atoms with Gasteiger partial charge in [-0.1, -0.05) is 20.8 Å². The van der Waals surface area contributed by atoms with Gasteiger partial charge in [0.25, 0.3) is 5.78 Å². The summed E-state index contributed by atoms with van der Waals surface area (Å²) in [4.78, 5) is 22.7. The van der Waals surface area contributed by atoms with Gasteiger partial charge in [-0.15, -0.1) is 0 Å². The summed E-state index contributed by atoms with van der Waals surface area (Å²) >= 11 is 0. The molecule has 158 valence electrons. The van der Waals surface area contributed by atoms with Gasteiger partial charge in [-0.2, -0.15) is 14.6 Å². The van der Waals surface area contributed by atoms with E-state index in [1.165, 1.54) is 0 Å². The highest BCUT2D eigenvalue weighted by Gasteiger charge is 2.41. The molecular weight excluding hydrogens is 380 g/mol. The van der Waals surface area contributed by atoms with Crippen LogP contribution in [0.4, 0.5) is 11.6 Å². The molecule has 9 nitrogen and oxygen atoms in total. The van der Waals surface area contributed by atoms with Gasteiger partial charge < -0.3 is 14.5 Å². The lowest BCUT2D eigenvalue weighted by Crippen LogP contribution is -2.30. The molecule has 2 aliphatic heterocycles. The van der Waals surface area contributed by atoms with Gasteiger partial charge in [0.2, 0.25) is 0 Å². The number of aromatic nitrogens is 6. The molecule has 0 bridgehead atoms. The molecule has 2 fully saturated rings. The van der Waals surface area contributed by atoms with Gasteiger partial charge in [0.05, 0.1) is 18.0 Å². The van der Waals surface area contributed by atoms with Crippen LogP contribution in [-0.4, -0.2) is 62.8 Å². The maximum absolute atomic E-state index is 5.28. The van der Waals surface area contributed by atoms with Crippen molar-refractivity contribution in [1.82, 2.24) is 29.5 Å². The summed E-state index contributed by atoms with van der Waals surface area (Å²) in [6.07, 6.45) is 3.26. The molecule has 0 radical (unpaired) electrons. The van der Waals surface area contributed by atoms with Crippen molar-refractivity contribution in [2.24, 2.45) is 11.8 Å². The molecule has 30 heavy (non-hydrogen) atoms. The summed E-state index contributed by atoms with van der Waals surface area (Å²) in [5, 5.41) is 4.39. The molecule has 2 aliphatic rings. The van der Waals surface area contributed by atoms with Crippen LogP contribution >= 0.6 is 0 Å². The third-order valence-electron chi connectivity index (χ3n) is 6.13. The predicted octanol–water partition coefficient (Wildman–Crippen LogP) is 1.93. The highest BCUT2D eigenvalue weighted by atomic mass is 16.5. The SMILES string of the molecule is COCc1cc(N2CC3CN(c4cc(C(C)(C)C)ncn4)CC3C2)n2ncnc2n1. The smallest absolute Gasteiger partial charge is 0.254 e. The van der Waals surface area contributed by atoms with E-state index in [1.54, 1.807) is 19.8 Å². The van der Waals surface area contributed by atoms with Gasteiger partial charge in [-0.3, -0.25) is 0 Å². The van der Waals surface area contributed by atoms with Gasteiger partial charge in [0.1, 0.15) is 24.3 Å². The summed E-state index contributed by atoms with van der Waals surface area (Å²) < 4.78 is 7.12. The molecule has 2 atom stereocenters. The number of rotatable bonds is 4. The van der Waals surface area contributed by atoms with Crippen molar-refractivity contribution in [2.75, 3.05) is 43.1 Å². The highest BCUT2D eigenvalue weighted by Crippen LogP contribution is 2.36. The van der Waals surface area contributed by atoms with E-state index in [-0.39, 0.29) is 5.41 Å². The van der Waals surface area contributed by atoms with Crippen molar-refractivity contribution >= 4 is 17.4 Å². The minimum Gasteiger partial charge on any atom is -0.378 e. The first-order chi connectivity index (χ1) is 14.4. The molecular formula is C21H28N8O. The number of fused-ring (bicyclic) bond motifs is 2. The molecule has 2 unspecified atom stereocenters. The van der Waals surface area contributed by atoms with Crippen molar-refractivity contribution in [3.05, 3.63) is 36.2 Å². The van der Waals surface area contributed by atoms with Crippen LogP contribution in [0.2, 0.25) is 0 Å². The number of anilines is 2. The van der Waals surface area contributed by atoms with E-state index >= 15 is 0 Å². The van der Waals surface area contributed by atoms with Crippen LogP contribution in [0, 0.1) is 11.8 Å². The van der Waals surface area contributed by atoms with Crippen molar-refractivity contribution in [3.63, 3.8) is 0 Å². The normalized spacial score (nSPS) is 21.6. The second-order valence-corrected chi connectivity index (χ2v) is 9.35. The van der Waals surface area contributed by atoms with Crippen LogP contribution in [-0.2, 0) is 16.8 Å². The average Bonchev–Trinajstić information content (AvgIpc) is 3.41. The van der Waals surface area contributed by atoms with Crippen molar-refractivity contribution in [3.8, 4) is 0 Å². The van der Waals surface area contributed by atoms with E-state index in [0.29, 0.717) is 24.2 Å². The maximum atomic E-state index is 5.28. The fourth-order valence-corrected chi connectivity index (χ4v) is 4.59. The first kappa shape index (κ1) is 19.2. The van der Waals surface area contributed by atoms with E-state index in [1.807, 2.05) is 4.52 Å². The molecule has 5 heterocycles. The van der Waals surface area contributed by atoms with E-state index in [2.05, 4.69) is 67.7 Å². The number of methoxy groups -OCH3 is 1. The standard InChI is InChI=1S/C21H28N8O/c1-21(2,3)17-6-18(23-12-22-17)27-7-14-9-28(10-15(14)8-27)19-5-16(11-30-4)26-20-24-13-25-29(19)20/h5-6,12-15H,7-11H2,1-4H3. The molecule has 3 aromatic heterocycles. The second-order valence-electron chi connectivity index (χ2n) is 9.35. The first-order valence-electron chi connectivity index (χ1n) is 10.4. The summed E-state index contributed by atoms with van der Waals surface area (Å²) in [7, 11) is 1.68. The zero-order chi connectivity index (χ0) is 20.9. The molecule has 5 rings (SSSR count). The first-order valence-corrected chi connectivity index (χ1v) is 10.4. The Morgan fingerprint density at radius 3 is 2.40 bits per heavy atom. The third-order valence-corrected chi connectivity index (χ3v) is 6.13. The fourth-order valence-electron chi connectivity index (χ4n) is 4.59. The quantitative estimate of drug-likeness (QED) is 0.647. The minimum atomic E-state index is 0.0223. The molecule has 0 N–H and O–H groups in total. The topological polar surface area (TPSA) is 84.6 Å². The Balaban J connectivity index is 1.35. The molecule has 0 amide bonds. The van der Waals surface area contributed by atoms with E-state index in [9.17, 15) is 0 Å². The summed E-state index contributed by atoms with van der Waals surface area (Å²) in [6.45, 7) is 11.0. The van der Waals surface area contributed by atoms with Gasteiger partial charge in [-0.25, -0.2) is 15.0 Å². The molecule has 3 aromatic rings. The van der Waals surface area contributed by atoms with Crippen LogP contribution in [0.25, 0.3) is 5.78 Å². The van der Waals surface area contributed by atoms with Crippen LogP contribution in [0.1, 0.15) is 32.2 Å². The molecule has 2 saturated heterocycles. The number of nitrogens with zero attached hydrogens (tertiary/aromatic N) is 8. The zero-order valence-electron chi connectivity index (χ0n) is 18.0. The Morgan fingerprint density at radius 1 is 0.967 bits per heavy atom. The number of ether oxygens (including phenoxy) is 1. The van der Waals surface area contributed by atoms with Crippen molar-refractivity contribution < 1.29 is 4.74 Å². The monoisotopic (exact) mass is 408 g/mol. The molecule has 0 saturated carbocycles.